The zero-order chi connectivity index (χ0) is 29.8. The van der Waals surface area contributed by atoms with Gasteiger partial charge in [-0.2, -0.15) is 0 Å². The van der Waals surface area contributed by atoms with Crippen molar-refractivity contribution in [2.24, 2.45) is 0 Å². The lowest BCUT2D eigenvalue weighted by atomic mass is 10.1. The molecule has 0 N–H and O–H groups in total. The first kappa shape index (κ1) is 32.4. The molecule has 0 heterocycles. The molecule has 3 aromatic carbocycles. The van der Waals surface area contributed by atoms with Gasteiger partial charge in [0.25, 0.3) is 0 Å². The summed E-state index contributed by atoms with van der Waals surface area (Å²) in [4.78, 5) is 24.8. The summed E-state index contributed by atoms with van der Waals surface area (Å²) in [6.07, 6.45) is 17.5. The van der Waals surface area contributed by atoms with Crippen molar-refractivity contribution in [2.75, 3.05) is 13.2 Å². The van der Waals surface area contributed by atoms with Gasteiger partial charge in [-0.1, -0.05) is 89.1 Å². The lowest BCUT2D eigenvalue weighted by molar-refractivity contribution is -0.128. The van der Waals surface area contributed by atoms with Crippen LogP contribution in [-0.4, -0.2) is 25.0 Å². The van der Waals surface area contributed by atoms with Crippen molar-refractivity contribution < 1.29 is 23.8 Å². The number of rotatable bonds is 19. The van der Waals surface area contributed by atoms with E-state index < -0.39 is 5.97 Å². The molecule has 0 spiro atoms. The van der Waals surface area contributed by atoms with Gasteiger partial charge in [-0.3, -0.25) is 4.79 Å². The molecule has 0 saturated carbocycles. The molecule has 0 aliphatic carbocycles. The Labute approximate surface area is 251 Å². The van der Waals surface area contributed by atoms with E-state index in [1.54, 1.807) is 42.5 Å². The Hall–Kier alpha value is -4.12. The highest BCUT2D eigenvalue weighted by molar-refractivity contribution is 6.06. The molecule has 0 aliphatic rings. The fraction of sp³-hybridized carbons (Fsp3) is 0.351. The van der Waals surface area contributed by atoms with Crippen LogP contribution in [0.1, 0.15) is 93.1 Å². The van der Waals surface area contributed by atoms with Gasteiger partial charge >= 0.3 is 5.97 Å². The van der Waals surface area contributed by atoms with E-state index in [0.717, 1.165) is 42.1 Å². The summed E-state index contributed by atoms with van der Waals surface area (Å²) >= 11 is 0. The van der Waals surface area contributed by atoms with Crippen molar-refractivity contribution >= 4 is 23.9 Å². The van der Waals surface area contributed by atoms with Crippen molar-refractivity contribution in [1.29, 1.82) is 0 Å². The van der Waals surface area contributed by atoms with Gasteiger partial charge in [0.05, 0.1) is 13.2 Å². The second-order valence-corrected chi connectivity index (χ2v) is 10.3. The molecule has 0 bridgehead atoms. The van der Waals surface area contributed by atoms with Gasteiger partial charge in [0.15, 0.2) is 5.78 Å². The molecule has 0 radical (unpaired) electrons. The molecule has 0 saturated heterocycles. The van der Waals surface area contributed by atoms with Crippen molar-refractivity contribution in [2.45, 2.75) is 71.6 Å². The van der Waals surface area contributed by atoms with E-state index in [2.05, 4.69) is 13.8 Å². The average molecular weight is 569 g/mol. The topological polar surface area (TPSA) is 61.8 Å². The number of ketones is 1. The van der Waals surface area contributed by atoms with Crippen LogP contribution in [-0.2, 0) is 4.79 Å². The molecular weight excluding hydrogens is 524 g/mol. The molecule has 42 heavy (non-hydrogen) atoms. The maximum absolute atomic E-state index is 12.6. The molecule has 3 aromatic rings. The molecule has 0 amide bonds. The first-order valence-corrected chi connectivity index (χ1v) is 15.3. The molecule has 5 heteroatoms. The van der Waals surface area contributed by atoms with Crippen molar-refractivity contribution in [3.05, 3.63) is 102 Å². The molecule has 5 nitrogen and oxygen atoms in total. The third-order valence-electron chi connectivity index (χ3n) is 6.70. The standard InChI is InChI=1S/C37H44O5/c1-3-5-6-7-8-9-10-11-29-41-34-22-12-30(13-23-34)16-26-36(38)32-18-24-35(25-19-32)42-37(39)27-17-31-14-20-33(21-15-31)40-28-4-2/h12-27H,3-11,28-29H2,1-2H3/b26-16+,27-17+. The Morgan fingerprint density at radius 1 is 0.548 bits per heavy atom. The van der Waals surface area contributed by atoms with Crippen LogP contribution in [0.5, 0.6) is 17.2 Å². The summed E-state index contributed by atoms with van der Waals surface area (Å²) in [6.45, 7) is 5.70. The average Bonchev–Trinajstić information content (AvgIpc) is 3.02. The number of allylic oxidation sites excluding steroid dienone is 1. The monoisotopic (exact) mass is 568 g/mol. The quantitative estimate of drug-likeness (QED) is 0.0474. The SMILES string of the molecule is CCCCCCCCCCOc1ccc(/C=C/C(=O)c2ccc(OC(=O)/C=C/c3ccc(OCCC)cc3)cc2)cc1. The van der Waals surface area contributed by atoms with E-state index >= 15 is 0 Å². The molecule has 222 valence electrons. The second kappa shape index (κ2) is 19.1. The van der Waals surface area contributed by atoms with Crippen LogP contribution in [0.25, 0.3) is 12.2 Å². The third-order valence-corrected chi connectivity index (χ3v) is 6.70. The van der Waals surface area contributed by atoms with Crippen molar-refractivity contribution in [3.63, 3.8) is 0 Å². The zero-order valence-electron chi connectivity index (χ0n) is 25.1. The summed E-state index contributed by atoms with van der Waals surface area (Å²) in [7, 11) is 0. The number of hydrogen-bond acceptors (Lipinski definition) is 5. The molecular formula is C37H44O5. The van der Waals surface area contributed by atoms with E-state index in [0.29, 0.717) is 17.9 Å². The van der Waals surface area contributed by atoms with E-state index in [1.807, 2.05) is 48.5 Å². The van der Waals surface area contributed by atoms with Crippen LogP contribution in [0.3, 0.4) is 0 Å². The number of hydrogen-bond donors (Lipinski definition) is 0. The van der Waals surface area contributed by atoms with Gasteiger partial charge in [-0.25, -0.2) is 4.79 Å². The van der Waals surface area contributed by atoms with Gasteiger partial charge in [0.1, 0.15) is 17.2 Å². The summed E-state index contributed by atoms with van der Waals surface area (Å²) in [6, 6.07) is 21.8. The van der Waals surface area contributed by atoms with Gasteiger partial charge < -0.3 is 14.2 Å². The largest absolute Gasteiger partial charge is 0.494 e. The molecule has 0 aliphatic heterocycles. The maximum Gasteiger partial charge on any atom is 0.336 e. The summed E-state index contributed by atoms with van der Waals surface area (Å²) in [5.74, 6) is 1.39. The summed E-state index contributed by atoms with van der Waals surface area (Å²) in [5.41, 5.74) is 2.30. The molecule has 3 rings (SSSR count). The normalized spacial score (nSPS) is 11.2. The number of benzene rings is 3. The first-order valence-electron chi connectivity index (χ1n) is 15.3. The predicted molar refractivity (Wildman–Crippen MR) is 171 cm³/mol. The Morgan fingerprint density at radius 3 is 1.62 bits per heavy atom. The van der Waals surface area contributed by atoms with Crippen LogP contribution >= 0.6 is 0 Å². The number of unbranched alkanes of at least 4 members (excludes halogenated alkanes) is 7. The lowest BCUT2D eigenvalue weighted by Crippen LogP contribution is -2.04. The highest BCUT2D eigenvalue weighted by Gasteiger charge is 2.05. The van der Waals surface area contributed by atoms with Crippen molar-refractivity contribution in [3.8, 4) is 17.2 Å². The predicted octanol–water partition coefficient (Wildman–Crippen LogP) is 9.51. The highest BCUT2D eigenvalue weighted by atomic mass is 16.5. The fourth-order valence-electron chi connectivity index (χ4n) is 4.27. The fourth-order valence-corrected chi connectivity index (χ4v) is 4.27. The molecule has 0 aromatic heterocycles. The number of ether oxygens (including phenoxy) is 3. The van der Waals surface area contributed by atoms with Crippen LogP contribution in [0.15, 0.2) is 84.9 Å². The lowest BCUT2D eigenvalue weighted by Gasteiger charge is -2.06. The third kappa shape index (κ3) is 12.6. The maximum atomic E-state index is 12.6. The minimum absolute atomic E-state index is 0.130. The Balaban J connectivity index is 1.38. The van der Waals surface area contributed by atoms with Crippen LogP contribution < -0.4 is 14.2 Å². The molecule has 0 unspecified atom stereocenters. The Bertz CT molecular complexity index is 1260. The Kier molecular flexibility index (Phi) is 14.7. The van der Waals surface area contributed by atoms with Gasteiger partial charge in [0, 0.05) is 11.6 Å². The van der Waals surface area contributed by atoms with E-state index in [9.17, 15) is 9.59 Å². The van der Waals surface area contributed by atoms with Crippen LogP contribution in [0.4, 0.5) is 0 Å². The van der Waals surface area contributed by atoms with Gasteiger partial charge in [-0.15, -0.1) is 0 Å². The van der Waals surface area contributed by atoms with E-state index in [4.69, 9.17) is 14.2 Å². The Morgan fingerprint density at radius 2 is 1.05 bits per heavy atom. The van der Waals surface area contributed by atoms with E-state index in [1.165, 1.54) is 51.0 Å². The van der Waals surface area contributed by atoms with Crippen LogP contribution in [0, 0.1) is 0 Å². The second-order valence-electron chi connectivity index (χ2n) is 10.3. The van der Waals surface area contributed by atoms with Gasteiger partial charge in [-0.05, 0) is 84.7 Å². The number of esters is 1. The van der Waals surface area contributed by atoms with Gasteiger partial charge in [0.2, 0.25) is 0 Å². The zero-order valence-corrected chi connectivity index (χ0v) is 25.1. The van der Waals surface area contributed by atoms with E-state index in [-0.39, 0.29) is 5.78 Å². The van der Waals surface area contributed by atoms with Crippen LogP contribution in [0.2, 0.25) is 0 Å². The minimum atomic E-state index is -0.495. The molecule has 0 fully saturated rings. The summed E-state index contributed by atoms with van der Waals surface area (Å²) < 4.78 is 16.8. The smallest absolute Gasteiger partial charge is 0.336 e. The summed E-state index contributed by atoms with van der Waals surface area (Å²) in [5, 5.41) is 0. The minimum Gasteiger partial charge on any atom is -0.494 e. The highest BCUT2D eigenvalue weighted by Crippen LogP contribution is 2.18. The number of carbonyl (C=O) groups excluding carboxylic acids is 2. The van der Waals surface area contributed by atoms with Crippen molar-refractivity contribution in [1.82, 2.24) is 0 Å². The number of carbonyl (C=O) groups is 2. The molecule has 0 atom stereocenters. The first-order chi connectivity index (χ1) is 20.6.